The Hall–Kier alpha value is -3.63. The van der Waals surface area contributed by atoms with Gasteiger partial charge in [0.25, 0.3) is 10.0 Å². The molecule has 0 saturated carbocycles. The molecule has 1 N–H and O–H groups in total. The standard InChI is InChI=1S/C27H29ClFN3O5S/c1-18-5-12-23(13-6-18)38(35,36)32(24-15-21(28)9-14-25(24)37-4)17-26(33)31(19(2)27(34)30-3)16-20-7-10-22(29)11-8-20/h5-15,19H,16-17H2,1-4H3,(H,30,34)/t19-/m0/s1. The van der Waals surface area contributed by atoms with Crippen LogP contribution in [-0.2, 0) is 26.2 Å². The molecular weight excluding hydrogens is 533 g/mol. The second kappa shape index (κ2) is 12.3. The quantitative estimate of drug-likeness (QED) is 0.401. The van der Waals surface area contributed by atoms with Gasteiger partial charge in [0, 0.05) is 18.6 Å². The van der Waals surface area contributed by atoms with Crippen LogP contribution in [-0.4, -0.2) is 51.9 Å². The van der Waals surface area contributed by atoms with Crippen molar-refractivity contribution in [2.45, 2.75) is 31.3 Å². The fourth-order valence-corrected chi connectivity index (χ4v) is 5.37. The Morgan fingerprint density at radius 2 is 1.68 bits per heavy atom. The number of hydrogen-bond acceptors (Lipinski definition) is 5. The van der Waals surface area contributed by atoms with Crippen LogP contribution in [0.25, 0.3) is 0 Å². The number of nitrogens with zero attached hydrogens (tertiary/aromatic N) is 2. The van der Waals surface area contributed by atoms with Gasteiger partial charge in [0.15, 0.2) is 0 Å². The number of carbonyl (C=O) groups is 2. The second-order valence-corrected chi connectivity index (χ2v) is 10.9. The van der Waals surface area contributed by atoms with E-state index in [1.807, 2.05) is 6.92 Å². The monoisotopic (exact) mass is 561 g/mol. The number of anilines is 1. The summed E-state index contributed by atoms with van der Waals surface area (Å²) in [6, 6.07) is 15.1. The number of nitrogens with one attached hydrogen (secondary N) is 1. The second-order valence-electron chi connectivity index (χ2n) is 8.58. The summed E-state index contributed by atoms with van der Waals surface area (Å²) < 4.78 is 47.5. The van der Waals surface area contributed by atoms with Crippen LogP contribution in [0.2, 0.25) is 5.02 Å². The number of sulfonamides is 1. The molecule has 2 amide bonds. The van der Waals surface area contributed by atoms with Crippen LogP contribution in [0.1, 0.15) is 18.1 Å². The van der Waals surface area contributed by atoms with Gasteiger partial charge in [0.1, 0.15) is 24.2 Å². The summed E-state index contributed by atoms with van der Waals surface area (Å²) in [6.45, 7) is 2.64. The molecule has 0 heterocycles. The van der Waals surface area contributed by atoms with Crippen molar-refractivity contribution in [3.63, 3.8) is 0 Å². The van der Waals surface area contributed by atoms with E-state index < -0.39 is 40.2 Å². The molecule has 0 saturated heterocycles. The summed E-state index contributed by atoms with van der Waals surface area (Å²) in [6.07, 6.45) is 0. The fraction of sp³-hybridized carbons (Fsp3) is 0.259. The van der Waals surface area contributed by atoms with E-state index >= 15 is 0 Å². The first-order valence-corrected chi connectivity index (χ1v) is 13.5. The van der Waals surface area contributed by atoms with Crippen molar-refractivity contribution in [3.05, 3.63) is 88.7 Å². The topological polar surface area (TPSA) is 96.0 Å². The van der Waals surface area contributed by atoms with Crippen molar-refractivity contribution in [1.29, 1.82) is 0 Å². The predicted octanol–water partition coefficient (Wildman–Crippen LogP) is 4.15. The minimum absolute atomic E-state index is 0.0395. The van der Waals surface area contributed by atoms with Gasteiger partial charge in [0.2, 0.25) is 11.8 Å². The van der Waals surface area contributed by atoms with Gasteiger partial charge in [-0.25, -0.2) is 12.8 Å². The molecule has 0 spiro atoms. The molecule has 1 atom stereocenters. The molecule has 0 aliphatic carbocycles. The normalized spacial score (nSPS) is 11.9. The van der Waals surface area contributed by atoms with Crippen molar-refractivity contribution in [2.75, 3.05) is 25.0 Å². The highest BCUT2D eigenvalue weighted by atomic mass is 35.5. The van der Waals surface area contributed by atoms with Crippen molar-refractivity contribution >= 4 is 39.1 Å². The van der Waals surface area contributed by atoms with Crippen LogP contribution in [0.3, 0.4) is 0 Å². The Morgan fingerprint density at radius 1 is 1.05 bits per heavy atom. The lowest BCUT2D eigenvalue weighted by molar-refractivity contribution is -0.139. The molecule has 0 aromatic heterocycles. The molecule has 202 valence electrons. The Balaban J connectivity index is 2.10. The number of rotatable bonds is 10. The van der Waals surface area contributed by atoms with Gasteiger partial charge in [-0.05, 0) is 61.9 Å². The molecule has 3 rings (SSSR count). The van der Waals surface area contributed by atoms with E-state index in [0.717, 1.165) is 9.87 Å². The van der Waals surface area contributed by atoms with Gasteiger partial charge < -0.3 is 15.0 Å². The van der Waals surface area contributed by atoms with E-state index in [2.05, 4.69) is 5.32 Å². The first-order valence-electron chi connectivity index (χ1n) is 11.7. The molecule has 0 unspecified atom stereocenters. The zero-order valence-corrected chi connectivity index (χ0v) is 23.0. The average Bonchev–Trinajstić information content (AvgIpc) is 2.90. The van der Waals surface area contributed by atoms with Crippen LogP contribution < -0.4 is 14.4 Å². The van der Waals surface area contributed by atoms with Crippen molar-refractivity contribution < 1.29 is 27.1 Å². The first-order chi connectivity index (χ1) is 18.0. The third-order valence-corrected chi connectivity index (χ3v) is 7.99. The summed E-state index contributed by atoms with van der Waals surface area (Å²) in [5.41, 5.74) is 1.48. The van der Waals surface area contributed by atoms with Crippen LogP contribution in [0.15, 0.2) is 71.6 Å². The summed E-state index contributed by atoms with van der Waals surface area (Å²) in [7, 11) is -1.47. The number of benzene rings is 3. The number of methoxy groups -OCH3 is 1. The maximum absolute atomic E-state index is 13.9. The van der Waals surface area contributed by atoms with Gasteiger partial charge in [-0.1, -0.05) is 41.4 Å². The van der Waals surface area contributed by atoms with E-state index in [4.69, 9.17) is 16.3 Å². The number of halogens is 2. The number of likely N-dealkylation sites (N-methyl/N-ethyl adjacent to an activating group) is 1. The molecule has 0 aliphatic heterocycles. The zero-order valence-electron chi connectivity index (χ0n) is 21.4. The van der Waals surface area contributed by atoms with Crippen molar-refractivity contribution in [1.82, 2.24) is 10.2 Å². The lowest BCUT2D eigenvalue weighted by Gasteiger charge is -2.32. The Kier molecular flexibility index (Phi) is 9.35. The Labute approximate surface area is 227 Å². The highest BCUT2D eigenvalue weighted by Gasteiger charge is 2.33. The number of hydrogen-bond donors (Lipinski definition) is 1. The third kappa shape index (κ3) is 6.62. The first kappa shape index (κ1) is 28.9. The lowest BCUT2D eigenvalue weighted by atomic mass is 10.1. The summed E-state index contributed by atoms with van der Waals surface area (Å²) in [5.74, 6) is -1.38. The molecule has 0 aliphatic rings. The third-order valence-electron chi connectivity index (χ3n) is 5.98. The number of carbonyl (C=O) groups excluding carboxylic acids is 2. The summed E-state index contributed by atoms with van der Waals surface area (Å²) in [4.78, 5) is 27.5. The maximum Gasteiger partial charge on any atom is 0.264 e. The van der Waals surface area contributed by atoms with Crippen LogP contribution >= 0.6 is 11.6 Å². The Morgan fingerprint density at radius 3 is 2.26 bits per heavy atom. The van der Waals surface area contributed by atoms with E-state index in [9.17, 15) is 22.4 Å². The van der Waals surface area contributed by atoms with Gasteiger partial charge in [-0.3, -0.25) is 13.9 Å². The van der Waals surface area contributed by atoms with Crippen LogP contribution in [0, 0.1) is 12.7 Å². The summed E-state index contributed by atoms with van der Waals surface area (Å²) >= 11 is 6.21. The minimum Gasteiger partial charge on any atom is -0.495 e. The van der Waals surface area contributed by atoms with Gasteiger partial charge in [0.05, 0.1) is 17.7 Å². The van der Waals surface area contributed by atoms with Gasteiger partial charge >= 0.3 is 0 Å². The molecule has 3 aromatic carbocycles. The molecule has 0 bridgehead atoms. The van der Waals surface area contributed by atoms with Crippen LogP contribution in [0.5, 0.6) is 5.75 Å². The van der Waals surface area contributed by atoms with E-state index in [1.54, 1.807) is 12.1 Å². The highest BCUT2D eigenvalue weighted by Crippen LogP contribution is 2.35. The predicted molar refractivity (Wildman–Crippen MR) is 144 cm³/mol. The number of ether oxygens (including phenoxy) is 1. The van der Waals surface area contributed by atoms with Gasteiger partial charge in [-0.2, -0.15) is 0 Å². The molecule has 38 heavy (non-hydrogen) atoms. The van der Waals surface area contributed by atoms with Crippen molar-refractivity contribution in [2.24, 2.45) is 0 Å². The van der Waals surface area contributed by atoms with E-state index in [-0.39, 0.29) is 27.9 Å². The SMILES string of the molecule is CNC(=O)[C@H](C)N(Cc1ccc(F)cc1)C(=O)CN(c1cc(Cl)ccc1OC)S(=O)(=O)c1ccc(C)cc1. The van der Waals surface area contributed by atoms with Gasteiger partial charge in [-0.15, -0.1) is 0 Å². The average molecular weight is 562 g/mol. The smallest absolute Gasteiger partial charge is 0.264 e. The molecular formula is C27H29ClFN3O5S. The van der Waals surface area contributed by atoms with E-state index in [0.29, 0.717) is 5.56 Å². The molecule has 0 radical (unpaired) electrons. The zero-order chi connectivity index (χ0) is 28.0. The minimum atomic E-state index is -4.28. The number of aryl methyl sites for hydroxylation is 1. The van der Waals surface area contributed by atoms with Crippen molar-refractivity contribution in [3.8, 4) is 5.75 Å². The molecule has 11 heteroatoms. The van der Waals surface area contributed by atoms with E-state index in [1.165, 1.54) is 80.6 Å². The molecule has 0 fully saturated rings. The molecule has 8 nitrogen and oxygen atoms in total. The molecule has 3 aromatic rings. The lowest BCUT2D eigenvalue weighted by Crippen LogP contribution is -2.50. The Bertz CT molecular complexity index is 1400. The fourth-order valence-electron chi connectivity index (χ4n) is 3.79. The maximum atomic E-state index is 13.9. The summed E-state index contributed by atoms with van der Waals surface area (Å²) in [5, 5.41) is 2.74. The highest BCUT2D eigenvalue weighted by molar-refractivity contribution is 7.92. The number of amides is 2. The van der Waals surface area contributed by atoms with Crippen LogP contribution in [0.4, 0.5) is 10.1 Å². The largest absolute Gasteiger partial charge is 0.495 e.